The van der Waals surface area contributed by atoms with Crippen molar-refractivity contribution >= 4 is 27.2 Å². The van der Waals surface area contributed by atoms with E-state index in [1.165, 1.54) is 16.2 Å². The predicted molar refractivity (Wildman–Crippen MR) is 90.1 cm³/mol. The number of hydrogen-bond donors (Lipinski definition) is 1. The highest BCUT2D eigenvalue weighted by Crippen LogP contribution is 2.26. The number of hydrogen-bond acceptors (Lipinski definition) is 2. The van der Waals surface area contributed by atoms with Crippen molar-refractivity contribution < 1.29 is 0 Å². The van der Waals surface area contributed by atoms with E-state index < -0.39 is 0 Å². The summed E-state index contributed by atoms with van der Waals surface area (Å²) >= 11 is 0. The predicted octanol–water partition coefficient (Wildman–Crippen LogP) is 4.66. The molecule has 0 aliphatic carbocycles. The highest BCUT2D eigenvalue weighted by atomic mass is 14.6. The van der Waals surface area contributed by atoms with E-state index in [9.17, 15) is 0 Å². The molecular formula is C19H16N2. The molecule has 0 aliphatic heterocycles. The Morgan fingerprint density at radius 1 is 0.619 bits per heavy atom. The number of nitrogens with zero attached hydrogens (tertiary/aromatic N) is 1. The van der Waals surface area contributed by atoms with Gasteiger partial charge in [-0.05, 0) is 46.5 Å². The maximum Gasteiger partial charge on any atom is 0.0393 e. The monoisotopic (exact) mass is 272 g/mol. The van der Waals surface area contributed by atoms with Crippen molar-refractivity contribution in [2.45, 2.75) is 0 Å². The molecule has 102 valence electrons. The van der Waals surface area contributed by atoms with Gasteiger partial charge in [-0.3, -0.25) is 4.98 Å². The Hall–Kier alpha value is -2.87. The zero-order valence-corrected chi connectivity index (χ0v) is 11.6. The van der Waals surface area contributed by atoms with Crippen molar-refractivity contribution in [3.63, 3.8) is 0 Å². The van der Waals surface area contributed by atoms with Gasteiger partial charge in [-0.15, -0.1) is 0 Å². The molecule has 3 aromatic carbocycles. The Morgan fingerprint density at radius 3 is 1.90 bits per heavy atom. The summed E-state index contributed by atoms with van der Waals surface area (Å²) in [5.74, 6) is 0. The minimum Gasteiger partial charge on any atom is -0.398 e. The zero-order chi connectivity index (χ0) is 14.5. The highest BCUT2D eigenvalue weighted by molar-refractivity contribution is 6.03. The van der Waals surface area contributed by atoms with Crippen LogP contribution in [0.5, 0.6) is 0 Å². The van der Waals surface area contributed by atoms with Crippen LogP contribution in [0, 0.1) is 0 Å². The molecule has 0 fully saturated rings. The van der Waals surface area contributed by atoms with Gasteiger partial charge in [-0.1, -0.05) is 42.5 Å². The lowest BCUT2D eigenvalue weighted by atomic mass is 10.0. The second-order valence-corrected chi connectivity index (χ2v) is 4.79. The van der Waals surface area contributed by atoms with Crippen LogP contribution in [0.25, 0.3) is 21.5 Å². The minimum atomic E-state index is 0.846. The normalized spacial score (nSPS) is 10.1. The van der Waals surface area contributed by atoms with Gasteiger partial charge in [-0.2, -0.15) is 0 Å². The number of pyridine rings is 1. The van der Waals surface area contributed by atoms with E-state index in [-0.39, 0.29) is 0 Å². The van der Waals surface area contributed by atoms with Gasteiger partial charge in [0.15, 0.2) is 0 Å². The molecule has 0 unspecified atom stereocenters. The summed E-state index contributed by atoms with van der Waals surface area (Å²) in [4.78, 5) is 3.78. The molecule has 2 heteroatoms. The van der Waals surface area contributed by atoms with Crippen LogP contribution in [-0.2, 0) is 0 Å². The van der Waals surface area contributed by atoms with Crippen LogP contribution >= 0.6 is 0 Å². The second-order valence-electron chi connectivity index (χ2n) is 4.79. The maximum absolute atomic E-state index is 5.95. The smallest absolute Gasteiger partial charge is 0.0393 e. The molecule has 1 aromatic heterocycles. The third-order valence-corrected chi connectivity index (χ3v) is 3.35. The maximum atomic E-state index is 5.95. The molecule has 2 nitrogen and oxygen atoms in total. The molecule has 0 saturated heterocycles. The number of fused-ring (bicyclic) bond motifs is 2. The van der Waals surface area contributed by atoms with Gasteiger partial charge >= 0.3 is 0 Å². The van der Waals surface area contributed by atoms with Crippen LogP contribution in [0.3, 0.4) is 0 Å². The van der Waals surface area contributed by atoms with Crippen LogP contribution < -0.4 is 5.73 Å². The first-order valence-corrected chi connectivity index (χ1v) is 6.86. The molecule has 0 bridgehead atoms. The molecule has 0 radical (unpaired) electrons. The van der Waals surface area contributed by atoms with Crippen molar-refractivity contribution in [3.05, 3.63) is 85.2 Å². The van der Waals surface area contributed by atoms with Crippen LogP contribution in [0.1, 0.15) is 0 Å². The lowest BCUT2D eigenvalue weighted by Crippen LogP contribution is -1.86. The second kappa shape index (κ2) is 6.06. The van der Waals surface area contributed by atoms with Gasteiger partial charge in [0.1, 0.15) is 0 Å². The molecule has 4 rings (SSSR count). The Morgan fingerprint density at radius 2 is 1.29 bits per heavy atom. The fourth-order valence-corrected chi connectivity index (χ4v) is 2.30. The van der Waals surface area contributed by atoms with Gasteiger partial charge in [0.25, 0.3) is 0 Å². The Kier molecular flexibility index (Phi) is 3.79. The lowest BCUT2D eigenvalue weighted by molar-refractivity contribution is 1.33. The summed E-state index contributed by atoms with van der Waals surface area (Å²) in [5, 5.41) is 4.84. The van der Waals surface area contributed by atoms with Crippen molar-refractivity contribution in [2.24, 2.45) is 0 Å². The average Bonchev–Trinajstić information content (AvgIpc) is 2.56. The number of aromatic nitrogens is 1. The van der Waals surface area contributed by atoms with E-state index in [0.29, 0.717) is 0 Å². The third-order valence-electron chi connectivity index (χ3n) is 3.35. The standard InChI is InChI=1S/C14H11N.C5H5N/c15-14-7-3-6-12-8-10-4-1-2-5-11(10)9-13(12)14;1-2-4-6-5-3-1/h1-9H,15H2;1-5H. The Bertz CT molecular complexity index is 828. The topological polar surface area (TPSA) is 38.9 Å². The average molecular weight is 272 g/mol. The van der Waals surface area contributed by atoms with Crippen molar-refractivity contribution in [1.82, 2.24) is 4.98 Å². The number of nitrogen functional groups attached to an aromatic ring is 1. The van der Waals surface area contributed by atoms with E-state index >= 15 is 0 Å². The first kappa shape index (κ1) is 13.1. The zero-order valence-electron chi connectivity index (χ0n) is 11.6. The van der Waals surface area contributed by atoms with Gasteiger partial charge in [0, 0.05) is 23.5 Å². The molecule has 2 N–H and O–H groups in total. The molecule has 4 aromatic rings. The summed E-state index contributed by atoms with van der Waals surface area (Å²) in [5.41, 5.74) is 6.79. The van der Waals surface area contributed by atoms with Gasteiger partial charge in [0.05, 0.1) is 0 Å². The fraction of sp³-hybridized carbons (Fsp3) is 0. The highest BCUT2D eigenvalue weighted by Gasteiger charge is 1.99. The van der Waals surface area contributed by atoms with Crippen LogP contribution in [0.4, 0.5) is 5.69 Å². The Labute approximate surface area is 123 Å². The number of benzene rings is 3. The Balaban J connectivity index is 0.000000186. The molecule has 0 atom stereocenters. The van der Waals surface area contributed by atoms with E-state index in [1.54, 1.807) is 12.4 Å². The SMILES string of the molecule is Nc1cccc2cc3ccccc3cc12.c1ccncc1. The van der Waals surface area contributed by atoms with Crippen molar-refractivity contribution in [1.29, 1.82) is 0 Å². The molecule has 21 heavy (non-hydrogen) atoms. The first-order valence-electron chi connectivity index (χ1n) is 6.86. The van der Waals surface area contributed by atoms with Gasteiger partial charge in [-0.25, -0.2) is 0 Å². The van der Waals surface area contributed by atoms with E-state index in [0.717, 1.165) is 11.1 Å². The summed E-state index contributed by atoms with van der Waals surface area (Å²) in [6, 6.07) is 24.4. The molecule has 1 heterocycles. The quantitative estimate of drug-likeness (QED) is 0.373. The van der Waals surface area contributed by atoms with E-state index in [4.69, 9.17) is 5.73 Å². The van der Waals surface area contributed by atoms with Gasteiger partial charge in [0.2, 0.25) is 0 Å². The summed E-state index contributed by atoms with van der Waals surface area (Å²) in [6.07, 6.45) is 3.50. The van der Waals surface area contributed by atoms with Crippen molar-refractivity contribution in [2.75, 3.05) is 5.73 Å². The minimum absolute atomic E-state index is 0.846. The summed E-state index contributed by atoms with van der Waals surface area (Å²) < 4.78 is 0. The number of anilines is 1. The third kappa shape index (κ3) is 3.00. The van der Waals surface area contributed by atoms with E-state index in [1.807, 2.05) is 36.4 Å². The molecule has 0 saturated carbocycles. The fourth-order valence-electron chi connectivity index (χ4n) is 2.30. The first-order chi connectivity index (χ1) is 10.3. The van der Waals surface area contributed by atoms with Gasteiger partial charge < -0.3 is 5.73 Å². The number of nitrogens with two attached hydrogens (primary N) is 1. The molecular weight excluding hydrogens is 256 g/mol. The number of rotatable bonds is 0. The summed E-state index contributed by atoms with van der Waals surface area (Å²) in [7, 11) is 0. The summed E-state index contributed by atoms with van der Waals surface area (Å²) in [6.45, 7) is 0. The molecule has 0 aliphatic rings. The van der Waals surface area contributed by atoms with Crippen LogP contribution in [0.15, 0.2) is 85.2 Å². The van der Waals surface area contributed by atoms with Crippen molar-refractivity contribution in [3.8, 4) is 0 Å². The molecule has 0 spiro atoms. The molecule has 0 amide bonds. The lowest BCUT2D eigenvalue weighted by Gasteiger charge is -2.04. The van der Waals surface area contributed by atoms with Crippen LogP contribution in [-0.4, -0.2) is 4.98 Å². The van der Waals surface area contributed by atoms with E-state index in [2.05, 4.69) is 41.4 Å². The van der Waals surface area contributed by atoms with Crippen LogP contribution in [0.2, 0.25) is 0 Å². The largest absolute Gasteiger partial charge is 0.398 e.